The molecule has 0 aromatic rings. The highest BCUT2D eigenvalue weighted by molar-refractivity contribution is 7.99. The number of thioether (sulfide) groups is 1. The molecule has 1 saturated carbocycles. The Hall–Kier alpha value is -0.420. The van der Waals surface area contributed by atoms with Gasteiger partial charge in [0.2, 0.25) is 0 Å². The molecular weight excluding hydrogens is 284 g/mol. The Morgan fingerprint density at radius 2 is 1.81 bits per heavy atom. The van der Waals surface area contributed by atoms with Crippen molar-refractivity contribution in [3.63, 3.8) is 0 Å². The van der Waals surface area contributed by atoms with Gasteiger partial charge in [-0.25, -0.2) is 4.79 Å². The molecule has 2 aliphatic rings. The fraction of sp³-hybridized carbons (Fsp3) is 0.938. The van der Waals surface area contributed by atoms with Crippen molar-refractivity contribution in [2.24, 2.45) is 5.92 Å². The van der Waals surface area contributed by atoms with Crippen molar-refractivity contribution in [1.82, 2.24) is 10.6 Å². The lowest BCUT2D eigenvalue weighted by molar-refractivity contribution is 0.0489. The minimum atomic E-state index is -0.415. The van der Waals surface area contributed by atoms with Gasteiger partial charge in [0.1, 0.15) is 5.60 Å². The van der Waals surface area contributed by atoms with E-state index in [0.717, 1.165) is 31.6 Å². The lowest BCUT2D eigenvalue weighted by atomic mass is 9.91. The lowest BCUT2D eigenvalue weighted by Gasteiger charge is -2.31. The quantitative estimate of drug-likeness (QED) is 0.837. The van der Waals surface area contributed by atoms with Crippen LogP contribution in [0.5, 0.6) is 0 Å². The van der Waals surface area contributed by atoms with Gasteiger partial charge in [-0.3, -0.25) is 0 Å². The first kappa shape index (κ1) is 16.9. The van der Waals surface area contributed by atoms with Crippen molar-refractivity contribution in [3.8, 4) is 0 Å². The Bertz CT molecular complexity index is 330. The van der Waals surface area contributed by atoms with E-state index in [4.69, 9.17) is 4.74 Å². The third kappa shape index (κ3) is 6.47. The first-order chi connectivity index (χ1) is 9.92. The fourth-order valence-electron chi connectivity index (χ4n) is 2.99. The van der Waals surface area contributed by atoms with E-state index in [0.29, 0.717) is 6.04 Å². The summed E-state index contributed by atoms with van der Waals surface area (Å²) >= 11 is 2.08. The van der Waals surface area contributed by atoms with E-state index >= 15 is 0 Å². The number of amides is 1. The van der Waals surface area contributed by atoms with Gasteiger partial charge in [0.15, 0.2) is 0 Å². The Morgan fingerprint density at radius 1 is 1.14 bits per heavy atom. The van der Waals surface area contributed by atoms with Crippen LogP contribution >= 0.6 is 11.8 Å². The molecule has 0 aromatic carbocycles. The predicted molar refractivity (Wildman–Crippen MR) is 88.8 cm³/mol. The number of rotatable bonds is 4. The standard InChI is InChI=1S/C16H30N2O2S/c1-16(2,3)20-15(19)18-14-6-4-13(5-7-14)17-10-12-8-9-21-11-12/h12-14,17H,4-11H2,1-3H3,(H,18,19). The molecule has 5 heteroatoms. The molecule has 0 aromatic heterocycles. The zero-order valence-electron chi connectivity index (χ0n) is 13.6. The number of ether oxygens (including phenoxy) is 1. The van der Waals surface area contributed by atoms with Crippen LogP contribution in [-0.4, -0.2) is 41.8 Å². The zero-order valence-corrected chi connectivity index (χ0v) is 14.4. The van der Waals surface area contributed by atoms with E-state index in [-0.39, 0.29) is 12.1 Å². The van der Waals surface area contributed by atoms with Gasteiger partial charge < -0.3 is 15.4 Å². The van der Waals surface area contributed by atoms with Gasteiger partial charge in [0.25, 0.3) is 0 Å². The average Bonchev–Trinajstić information content (AvgIpc) is 2.89. The van der Waals surface area contributed by atoms with Gasteiger partial charge in [-0.05, 0) is 76.8 Å². The van der Waals surface area contributed by atoms with Crippen LogP contribution in [0.2, 0.25) is 0 Å². The molecular formula is C16H30N2O2S. The van der Waals surface area contributed by atoms with Gasteiger partial charge in [-0.15, -0.1) is 0 Å². The molecule has 4 nitrogen and oxygen atoms in total. The topological polar surface area (TPSA) is 50.4 Å². The molecule has 21 heavy (non-hydrogen) atoms. The largest absolute Gasteiger partial charge is 0.444 e. The Labute approximate surface area is 133 Å². The number of hydrogen-bond acceptors (Lipinski definition) is 4. The number of hydrogen-bond donors (Lipinski definition) is 2. The maximum Gasteiger partial charge on any atom is 0.407 e. The molecule has 2 rings (SSSR count). The van der Waals surface area contributed by atoms with Gasteiger partial charge in [0.05, 0.1) is 0 Å². The molecule has 122 valence electrons. The molecule has 1 aliphatic heterocycles. The second-order valence-electron chi connectivity index (χ2n) is 7.33. The van der Waals surface area contributed by atoms with E-state index in [1.165, 1.54) is 24.5 Å². The van der Waals surface area contributed by atoms with Gasteiger partial charge in [-0.1, -0.05) is 0 Å². The SMILES string of the molecule is CC(C)(C)OC(=O)NC1CCC(NCC2CCSC2)CC1. The van der Waals surface area contributed by atoms with Crippen LogP contribution in [0, 0.1) is 5.92 Å². The van der Waals surface area contributed by atoms with E-state index < -0.39 is 5.60 Å². The van der Waals surface area contributed by atoms with Crippen LogP contribution in [0.1, 0.15) is 52.9 Å². The van der Waals surface area contributed by atoms with Gasteiger partial charge in [-0.2, -0.15) is 11.8 Å². The van der Waals surface area contributed by atoms with Crippen LogP contribution in [-0.2, 0) is 4.74 Å². The van der Waals surface area contributed by atoms with Crippen molar-refractivity contribution >= 4 is 17.9 Å². The summed E-state index contributed by atoms with van der Waals surface area (Å²) in [5.41, 5.74) is -0.415. The van der Waals surface area contributed by atoms with Crippen LogP contribution in [0.4, 0.5) is 4.79 Å². The highest BCUT2D eigenvalue weighted by atomic mass is 32.2. The molecule has 1 aliphatic carbocycles. The Morgan fingerprint density at radius 3 is 2.38 bits per heavy atom. The molecule has 1 unspecified atom stereocenters. The van der Waals surface area contributed by atoms with Gasteiger partial charge >= 0.3 is 6.09 Å². The van der Waals surface area contributed by atoms with Crippen LogP contribution in [0.3, 0.4) is 0 Å². The lowest BCUT2D eigenvalue weighted by Crippen LogP contribution is -2.44. The van der Waals surface area contributed by atoms with E-state index in [2.05, 4.69) is 22.4 Å². The molecule has 1 amide bonds. The van der Waals surface area contributed by atoms with Crippen LogP contribution < -0.4 is 10.6 Å². The summed E-state index contributed by atoms with van der Waals surface area (Å²) in [5, 5.41) is 6.72. The Kier molecular flexibility index (Phi) is 6.23. The third-order valence-electron chi connectivity index (χ3n) is 4.17. The minimum absolute atomic E-state index is 0.276. The molecule has 1 atom stereocenters. The summed E-state index contributed by atoms with van der Waals surface area (Å²) in [6.07, 6.45) is 5.50. The van der Waals surface area contributed by atoms with Crippen molar-refractivity contribution < 1.29 is 9.53 Å². The molecule has 0 spiro atoms. The van der Waals surface area contributed by atoms with Crippen LogP contribution in [0.25, 0.3) is 0 Å². The number of carbonyl (C=O) groups excluding carboxylic acids is 1. The first-order valence-corrected chi connectivity index (χ1v) is 9.38. The van der Waals surface area contributed by atoms with Crippen molar-refractivity contribution in [1.29, 1.82) is 0 Å². The van der Waals surface area contributed by atoms with Crippen molar-refractivity contribution in [3.05, 3.63) is 0 Å². The predicted octanol–water partition coefficient (Wildman–Crippen LogP) is 3.17. The summed E-state index contributed by atoms with van der Waals surface area (Å²) in [7, 11) is 0. The third-order valence-corrected chi connectivity index (χ3v) is 5.40. The smallest absolute Gasteiger partial charge is 0.407 e. The fourth-order valence-corrected chi connectivity index (χ4v) is 4.28. The minimum Gasteiger partial charge on any atom is -0.444 e. The molecule has 1 heterocycles. The van der Waals surface area contributed by atoms with Crippen molar-refractivity contribution in [2.45, 2.75) is 70.6 Å². The van der Waals surface area contributed by atoms with Crippen molar-refractivity contribution in [2.75, 3.05) is 18.1 Å². The zero-order chi connectivity index (χ0) is 15.3. The molecule has 2 fully saturated rings. The maximum atomic E-state index is 11.8. The molecule has 2 N–H and O–H groups in total. The highest BCUT2D eigenvalue weighted by Crippen LogP contribution is 2.24. The van der Waals surface area contributed by atoms with E-state index in [9.17, 15) is 4.79 Å². The maximum absolute atomic E-state index is 11.8. The molecule has 0 bridgehead atoms. The monoisotopic (exact) mass is 314 g/mol. The Balaban J connectivity index is 1.60. The van der Waals surface area contributed by atoms with Gasteiger partial charge in [0, 0.05) is 12.1 Å². The summed E-state index contributed by atoms with van der Waals surface area (Å²) < 4.78 is 5.31. The number of carbonyl (C=O) groups is 1. The second-order valence-corrected chi connectivity index (χ2v) is 8.48. The number of nitrogens with one attached hydrogen (secondary N) is 2. The van der Waals surface area contributed by atoms with E-state index in [1.807, 2.05) is 20.8 Å². The van der Waals surface area contributed by atoms with E-state index in [1.54, 1.807) is 0 Å². The highest BCUT2D eigenvalue weighted by Gasteiger charge is 2.25. The van der Waals surface area contributed by atoms with Crippen LogP contribution in [0.15, 0.2) is 0 Å². The molecule has 1 saturated heterocycles. The molecule has 0 radical (unpaired) electrons. The summed E-state index contributed by atoms with van der Waals surface area (Å²) in [6.45, 7) is 6.86. The summed E-state index contributed by atoms with van der Waals surface area (Å²) in [6, 6.07) is 0.909. The summed E-state index contributed by atoms with van der Waals surface area (Å²) in [5.74, 6) is 3.52. The normalized spacial score (nSPS) is 30.1. The second kappa shape index (κ2) is 7.73. The first-order valence-electron chi connectivity index (χ1n) is 8.23. The number of alkyl carbamates (subject to hydrolysis) is 1. The summed E-state index contributed by atoms with van der Waals surface area (Å²) in [4.78, 5) is 11.8. The average molecular weight is 314 g/mol.